The van der Waals surface area contributed by atoms with Crippen LogP contribution in [0.3, 0.4) is 0 Å². The fraction of sp³-hybridized carbons (Fsp3) is 0.286. The number of methoxy groups -OCH3 is 1. The Hall–Kier alpha value is -1.54. The molecule has 0 atom stereocenters. The predicted molar refractivity (Wildman–Crippen MR) is 63.6 cm³/mol. The van der Waals surface area contributed by atoms with E-state index in [9.17, 15) is 5.11 Å². The van der Waals surface area contributed by atoms with E-state index in [1.165, 1.54) is 0 Å². The fourth-order valence-electron chi connectivity index (χ4n) is 2.27. The molecule has 0 spiro atoms. The molecule has 0 heterocycles. The van der Waals surface area contributed by atoms with Gasteiger partial charge in [-0.05, 0) is 29.7 Å². The normalized spacial score (nSPS) is 17.4. The molecule has 2 aromatic rings. The summed E-state index contributed by atoms with van der Waals surface area (Å²) in [4.78, 5) is 0. The Morgan fingerprint density at radius 1 is 1.12 bits per heavy atom. The van der Waals surface area contributed by atoms with E-state index in [2.05, 4.69) is 6.07 Å². The number of rotatable bonds is 2. The smallest absolute Gasteiger partial charge is 0.125 e. The lowest BCUT2D eigenvalue weighted by molar-refractivity contribution is 0.149. The minimum Gasteiger partial charge on any atom is -0.496 e. The molecule has 0 aromatic heterocycles. The maximum absolute atomic E-state index is 10.3. The lowest BCUT2D eigenvalue weighted by Gasteiger charge is -2.16. The van der Waals surface area contributed by atoms with Crippen LogP contribution in [0.2, 0.25) is 0 Å². The Bertz CT molecular complexity index is 541. The van der Waals surface area contributed by atoms with Gasteiger partial charge in [-0.1, -0.05) is 30.3 Å². The Morgan fingerprint density at radius 2 is 1.88 bits per heavy atom. The zero-order valence-corrected chi connectivity index (χ0v) is 9.23. The highest BCUT2D eigenvalue weighted by Crippen LogP contribution is 2.51. The molecule has 1 N–H and O–H groups in total. The van der Waals surface area contributed by atoms with Crippen molar-refractivity contribution in [1.29, 1.82) is 0 Å². The number of hydrogen-bond acceptors (Lipinski definition) is 2. The Morgan fingerprint density at radius 3 is 2.56 bits per heavy atom. The first-order valence-electron chi connectivity index (χ1n) is 5.53. The van der Waals surface area contributed by atoms with E-state index >= 15 is 0 Å². The Labute approximate surface area is 94.5 Å². The highest BCUT2D eigenvalue weighted by molar-refractivity contribution is 5.89. The summed E-state index contributed by atoms with van der Waals surface area (Å²) in [6, 6.07) is 12.1. The summed E-state index contributed by atoms with van der Waals surface area (Å²) in [6.45, 7) is 0. The van der Waals surface area contributed by atoms with E-state index in [0.29, 0.717) is 0 Å². The molecule has 1 aliphatic rings. The van der Waals surface area contributed by atoms with Crippen LogP contribution in [-0.4, -0.2) is 12.2 Å². The molecule has 82 valence electrons. The zero-order chi connectivity index (χ0) is 11.2. The van der Waals surface area contributed by atoms with E-state index in [4.69, 9.17) is 4.74 Å². The molecule has 16 heavy (non-hydrogen) atoms. The molecule has 0 amide bonds. The number of benzene rings is 2. The first-order valence-corrected chi connectivity index (χ1v) is 5.53. The monoisotopic (exact) mass is 214 g/mol. The molecular formula is C14H14O2. The maximum Gasteiger partial charge on any atom is 0.125 e. The summed E-state index contributed by atoms with van der Waals surface area (Å²) in [5, 5.41) is 12.6. The topological polar surface area (TPSA) is 29.5 Å². The average Bonchev–Trinajstić information content (AvgIpc) is 3.06. The summed E-state index contributed by atoms with van der Waals surface area (Å²) in [5.74, 6) is 0.790. The minimum absolute atomic E-state index is 0.661. The van der Waals surface area contributed by atoms with Gasteiger partial charge in [0, 0.05) is 5.56 Å². The van der Waals surface area contributed by atoms with Crippen molar-refractivity contribution in [3.8, 4) is 5.75 Å². The van der Waals surface area contributed by atoms with Gasteiger partial charge >= 0.3 is 0 Å². The summed E-state index contributed by atoms with van der Waals surface area (Å²) < 4.78 is 5.36. The minimum atomic E-state index is -0.661. The molecule has 1 aliphatic carbocycles. The van der Waals surface area contributed by atoms with Gasteiger partial charge in [0.05, 0.1) is 12.7 Å². The molecule has 2 nitrogen and oxygen atoms in total. The second kappa shape index (κ2) is 3.22. The summed E-state index contributed by atoms with van der Waals surface area (Å²) in [7, 11) is 1.65. The van der Waals surface area contributed by atoms with Gasteiger partial charge in [0.15, 0.2) is 0 Å². The van der Waals surface area contributed by atoms with Gasteiger partial charge < -0.3 is 9.84 Å². The average molecular weight is 214 g/mol. The molecule has 0 unspecified atom stereocenters. The van der Waals surface area contributed by atoms with Crippen LogP contribution in [0.15, 0.2) is 36.4 Å². The third kappa shape index (κ3) is 1.30. The quantitative estimate of drug-likeness (QED) is 0.833. The molecule has 1 fully saturated rings. The predicted octanol–water partition coefficient (Wildman–Crippen LogP) is 2.83. The van der Waals surface area contributed by atoms with Gasteiger partial charge in [-0.3, -0.25) is 0 Å². The van der Waals surface area contributed by atoms with Gasteiger partial charge in [0.1, 0.15) is 5.75 Å². The second-order valence-electron chi connectivity index (χ2n) is 4.40. The van der Waals surface area contributed by atoms with E-state index in [1.807, 2.05) is 30.3 Å². The third-order valence-electron chi connectivity index (χ3n) is 3.30. The zero-order valence-electron chi connectivity index (χ0n) is 9.23. The standard InChI is InChI=1S/C14H14O2/c1-16-12-7-6-10-4-2-3-5-11(10)13(12)14(15)8-9-14/h2-7,15H,8-9H2,1H3. The number of fused-ring (bicyclic) bond motifs is 1. The van der Waals surface area contributed by atoms with Crippen molar-refractivity contribution in [2.24, 2.45) is 0 Å². The van der Waals surface area contributed by atoms with E-state index in [0.717, 1.165) is 34.9 Å². The van der Waals surface area contributed by atoms with Crippen LogP contribution in [0.4, 0.5) is 0 Å². The Kier molecular flexibility index (Phi) is 1.95. The van der Waals surface area contributed by atoms with Crippen LogP contribution >= 0.6 is 0 Å². The van der Waals surface area contributed by atoms with Crippen molar-refractivity contribution in [2.75, 3.05) is 7.11 Å². The van der Waals surface area contributed by atoms with Crippen LogP contribution in [0.5, 0.6) is 5.75 Å². The lowest BCUT2D eigenvalue weighted by atomic mass is 9.98. The van der Waals surface area contributed by atoms with Gasteiger partial charge in [-0.2, -0.15) is 0 Å². The van der Waals surface area contributed by atoms with E-state index < -0.39 is 5.60 Å². The van der Waals surface area contributed by atoms with Gasteiger partial charge in [0.2, 0.25) is 0 Å². The highest BCUT2D eigenvalue weighted by atomic mass is 16.5. The Balaban J connectivity index is 2.35. The molecule has 0 radical (unpaired) electrons. The van der Waals surface area contributed by atoms with Crippen LogP contribution in [0, 0.1) is 0 Å². The molecule has 0 saturated heterocycles. The number of aliphatic hydroxyl groups is 1. The van der Waals surface area contributed by atoms with Crippen molar-refractivity contribution in [3.63, 3.8) is 0 Å². The van der Waals surface area contributed by atoms with Crippen molar-refractivity contribution < 1.29 is 9.84 Å². The van der Waals surface area contributed by atoms with Crippen LogP contribution in [-0.2, 0) is 5.60 Å². The number of hydrogen-bond donors (Lipinski definition) is 1. The van der Waals surface area contributed by atoms with Crippen LogP contribution < -0.4 is 4.74 Å². The fourth-order valence-corrected chi connectivity index (χ4v) is 2.27. The van der Waals surface area contributed by atoms with Gasteiger partial charge in [-0.15, -0.1) is 0 Å². The summed E-state index contributed by atoms with van der Waals surface area (Å²) >= 11 is 0. The summed E-state index contributed by atoms with van der Waals surface area (Å²) in [6.07, 6.45) is 1.66. The van der Waals surface area contributed by atoms with Crippen LogP contribution in [0.25, 0.3) is 10.8 Å². The first kappa shape index (κ1) is 9.67. The van der Waals surface area contributed by atoms with Crippen LogP contribution in [0.1, 0.15) is 18.4 Å². The second-order valence-corrected chi connectivity index (χ2v) is 4.40. The maximum atomic E-state index is 10.3. The highest BCUT2D eigenvalue weighted by Gasteiger charge is 2.45. The van der Waals surface area contributed by atoms with Gasteiger partial charge in [-0.25, -0.2) is 0 Å². The van der Waals surface area contributed by atoms with Crippen molar-refractivity contribution in [1.82, 2.24) is 0 Å². The van der Waals surface area contributed by atoms with Crippen molar-refractivity contribution in [3.05, 3.63) is 42.0 Å². The summed E-state index contributed by atoms with van der Waals surface area (Å²) in [5.41, 5.74) is 0.291. The SMILES string of the molecule is COc1ccc2ccccc2c1C1(O)CC1. The van der Waals surface area contributed by atoms with E-state index in [-0.39, 0.29) is 0 Å². The third-order valence-corrected chi connectivity index (χ3v) is 3.30. The molecule has 2 heteroatoms. The largest absolute Gasteiger partial charge is 0.496 e. The lowest BCUT2D eigenvalue weighted by Crippen LogP contribution is -2.07. The van der Waals surface area contributed by atoms with Crippen molar-refractivity contribution >= 4 is 10.8 Å². The molecule has 2 aromatic carbocycles. The molecule has 1 saturated carbocycles. The molecule has 0 bridgehead atoms. The van der Waals surface area contributed by atoms with E-state index in [1.54, 1.807) is 7.11 Å². The number of ether oxygens (including phenoxy) is 1. The van der Waals surface area contributed by atoms with Gasteiger partial charge in [0.25, 0.3) is 0 Å². The van der Waals surface area contributed by atoms with Crippen molar-refractivity contribution in [2.45, 2.75) is 18.4 Å². The molecule has 3 rings (SSSR count). The molecular weight excluding hydrogens is 200 g/mol. The molecule has 0 aliphatic heterocycles. The first-order chi connectivity index (χ1) is 7.74.